The van der Waals surface area contributed by atoms with E-state index in [1.165, 1.54) is 24.5 Å². The zero-order chi connectivity index (χ0) is 18.7. The molecule has 26 heavy (non-hydrogen) atoms. The first kappa shape index (κ1) is 18.2. The molecule has 136 valence electrons. The average Bonchev–Trinajstić information content (AvgIpc) is 2.97. The lowest BCUT2D eigenvalue weighted by atomic mass is 10.2. The summed E-state index contributed by atoms with van der Waals surface area (Å²) in [6.45, 7) is 2.17. The fraction of sp³-hybridized carbons (Fsp3) is 0.278. The number of halogens is 1. The first-order valence-corrected chi connectivity index (χ1v) is 8.71. The highest BCUT2D eigenvalue weighted by atomic mass is 32.1. The summed E-state index contributed by atoms with van der Waals surface area (Å²) in [6, 6.07) is 6.34. The van der Waals surface area contributed by atoms with E-state index < -0.39 is 0 Å². The quantitative estimate of drug-likeness (QED) is 0.716. The molecule has 0 bridgehead atoms. The van der Waals surface area contributed by atoms with E-state index in [-0.39, 0.29) is 24.9 Å². The first-order valence-electron chi connectivity index (χ1n) is 7.89. The van der Waals surface area contributed by atoms with Gasteiger partial charge in [0.2, 0.25) is 5.88 Å². The van der Waals surface area contributed by atoms with Crippen molar-refractivity contribution in [1.82, 2.24) is 15.3 Å². The molecule has 3 rings (SSSR count). The van der Waals surface area contributed by atoms with Crippen LogP contribution in [-0.2, 0) is 17.9 Å². The highest BCUT2D eigenvalue weighted by molar-refractivity contribution is 7.20. The number of carbonyl (C=O) groups is 1. The van der Waals surface area contributed by atoms with Gasteiger partial charge in [-0.1, -0.05) is 18.2 Å². The van der Waals surface area contributed by atoms with Crippen molar-refractivity contribution in [3.8, 4) is 5.88 Å². The van der Waals surface area contributed by atoms with E-state index in [9.17, 15) is 9.18 Å². The molecule has 0 unspecified atom stereocenters. The van der Waals surface area contributed by atoms with Gasteiger partial charge in [-0.05, 0) is 18.6 Å². The van der Waals surface area contributed by atoms with Crippen molar-refractivity contribution < 1.29 is 18.7 Å². The van der Waals surface area contributed by atoms with E-state index in [2.05, 4.69) is 15.3 Å². The largest absolute Gasteiger partial charge is 0.480 e. The van der Waals surface area contributed by atoms with Crippen LogP contribution in [0.1, 0.15) is 26.6 Å². The second kappa shape index (κ2) is 7.76. The molecule has 3 aromatic rings. The van der Waals surface area contributed by atoms with Gasteiger partial charge in [0.25, 0.3) is 5.91 Å². The van der Waals surface area contributed by atoms with Gasteiger partial charge in [0, 0.05) is 19.2 Å². The Balaban J connectivity index is 1.91. The minimum Gasteiger partial charge on any atom is -0.480 e. The third-order valence-corrected chi connectivity index (χ3v) is 5.06. The van der Waals surface area contributed by atoms with Crippen molar-refractivity contribution in [1.29, 1.82) is 0 Å². The number of nitrogens with one attached hydrogen (secondary N) is 1. The minimum atomic E-state index is -0.349. The highest BCUT2D eigenvalue weighted by Crippen LogP contribution is 2.35. The standard InChI is InChI=1S/C18H18FN3O3S/c1-10-14-17(25-3)21-13(9-24-2)22-18(14)26-15(10)16(23)20-8-11-6-4-5-7-12(11)19/h4-7H,8-9H2,1-3H3,(H,20,23). The molecule has 2 aromatic heterocycles. The van der Waals surface area contributed by atoms with Gasteiger partial charge in [-0.15, -0.1) is 11.3 Å². The number of nitrogens with zero attached hydrogens (tertiary/aromatic N) is 2. The van der Waals surface area contributed by atoms with Crippen molar-refractivity contribution in [2.75, 3.05) is 14.2 Å². The number of methoxy groups -OCH3 is 2. The van der Waals surface area contributed by atoms with Crippen molar-refractivity contribution >= 4 is 27.5 Å². The molecule has 0 fully saturated rings. The van der Waals surface area contributed by atoms with Crippen LogP contribution in [0.5, 0.6) is 5.88 Å². The second-order valence-corrected chi connectivity index (χ2v) is 6.59. The maximum atomic E-state index is 13.7. The van der Waals surface area contributed by atoms with Gasteiger partial charge in [0.1, 0.15) is 17.3 Å². The van der Waals surface area contributed by atoms with E-state index in [0.29, 0.717) is 32.4 Å². The number of amides is 1. The van der Waals surface area contributed by atoms with Crippen LogP contribution < -0.4 is 10.1 Å². The fourth-order valence-corrected chi connectivity index (χ4v) is 3.71. The molecule has 1 amide bonds. The molecule has 0 saturated carbocycles. The zero-order valence-corrected chi connectivity index (χ0v) is 15.4. The molecule has 1 aromatic carbocycles. The van der Waals surface area contributed by atoms with Crippen LogP contribution in [0.2, 0.25) is 0 Å². The summed E-state index contributed by atoms with van der Waals surface area (Å²) >= 11 is 1.25. The molecule has 1 N–H and O–H groups in total. The van der Waals surface area contributed by atoms with E-state index in [0.717, 1.165) is 5.56 Å². The fourth-order valence-electron chi connectivity index (χ4n) is 2.60. The Hall–Kier alpha value is -2.58. The second-order valence-electron chi connectivity index (χ2n) is 5.59. The Morgan fingerprint density at radius 3 is 2.73 bits per heavy atom. The van der Waals surface area contributed by atoms with E-state index in [1.54, 1.807) is 25.3 Å². The van der Waals surface area contributed by atoms with Crippen LogP contribution in [0, 0.1) is 12.7 Å². The molecule has 0 atom stereocenters. The molecular formula is C18H18FN3O3S. The molecule has 8 heteroatoms. The number of ether oxygens (including phenoxy) is 2. The number of rotatable bonds is 6. The summed E-state index contributed by atoms with van der Waals surface area (Å²) in [5, 5.41) is 3.46. The Bertz CT molecular complexity index is 958. The van der Waals surface area contributed by atoms with Crippen LogP contribution in [0.4, 0.5) is 4.39 Å². The molecule has 0 radical (unpaired) electrons. The van der Waals surface area contributed by atoms with Gasteiger partial charge < -0.3 is 14.8 Å². The molecule has 6 nitrogen and oxygen atoms in total. The van der Waals surface area contributed by atoms with Crippen LogP contribution in [0.15, 0.2) is 24.3 Å². The Morgan fingerprint density at radius 2 is 2.04 bits per heavy atom. The van der Waals surface area contributed by atoms with E-state index in [4.69, 9.17) is 9.47 Å². The summed E-state index contributed by atoms with van der Waals surface area (Å²) in [5.74, 6) is 0.252. The number of aromatic nitrogens is 2. The van der Waals surface area contributed by atoms with Gasteiger partial charge in [-0.2, -0.15) is 4.98 Å². The normalized spacial score (nSPS) is 10.9. The molecule has 0 aliphatic heterocycles. The van der Waals surface area contributed by atoms with E-state index in [1.807, 2.05) is 6.92 Å². The summed E-state index contributed by atoms with van der Waals surface area (Å²) in [4.78, 5) is 22.5. The summed E-state index contributed by atoms with van der Waals surface area (Å²) in [5.41, 5.74) is 1.16. The van der Waals surface area contributed by atoms with Crippen molar-refractivity contribution in [2.45, 2.75) is 20.1 Å². The Kier molecular flexibility index (Phi) is 5.43. The third kappa shape index (κ3) is 3.51. The Morgan fingerprint density at radius 1 is 1.27 bits per heavy atom. The molecule has 0 spiro atoms. The SMILES string of the molecule is COCc1nc(OC)c2c(C)c(C(=O)NCc3ccccc3F)sc2n1. The first-order chi connectivity index (χ1) is 12.5. The number of hydrogen-bond acceptors (Lipinski definition) is 6. The third-order valence-electron chi connectivity index (χ3n) is 3.87. The maximum absolute atomic E-state index is 13.7. The maximum Gasteiger partial charge on any atom is 0.261 e. The molecule has 0 aliphatic rings. The van der Waals surface area contributed by atoms with Gasteiger partial charge >= 0.3 is 0 Å². The van der Waals surface area contributed by atoms with Crippen molar-refractivity contribution in [3.05, 3.63) is 51.9 Å². The lowest BCUT2D eigenvalue weighted by Gasteiger charge is -2.06. The number of hydrogen-bond donors (Lipinski definition) is 1. The number of benzene rings is 1. The van der Waals surface area contributed by atoms with Crippen LogP contribution >= 0.6 is 11.3 Å². The van der Waals surface area contributed by atoms with Gasteiger partial charge in [-0.25, -0.2) is 9.37 Å². The average molecular weight is 375 g/mol. The number of thiophene rings is 1. The lowest BCUT2D eigenvalue weighted by molar-refractivity contribution is 0.0954. The van der Waals surface area contributed by atoms with Gasteiger partial charge in [0.05, 0.1) is 17.4 Å². The zero-order valence-electron chi connectivity index (χ0n) is 14.6. The van der Waals surface area contributed by atoms with Crippen LogP contribution in [0.25, 0.3) is 10.2 Å². The molecular weight excluding hydrogens is 357 g/mol. The Labute approximate surface area is 154 Å². The predicted octanol–water partition coefficient (Wildman–Crippen LogP) is 3.22. The lowest BCUT2D eigenvalue weighted by Crippen LogP contribution is -2.23. The topological polar surface area (TPSA) is 73.3 Å². The predicted molar refractivity (Wildman–Crippen MR) is 97.0 cm³/mol. The van der Waals surface area contributed by atoms with Gasteiger partial charge in [0.15, 0.2) is 5.82 Å². The molecule has 0 aliphatic carbocycles. The van der Waals surface area contributed by atoms with Crippen molar-refractivity contribution in [2.24, 2.45) is 0 Å². The van der Waals surface area contributed by atoms with Crippen LogP contribution in [0.3, 0.4) is 0 Å². The summed E-state index contributed by atoms with van der Waals surface area (Å²) in [6.07, 6.45) is 0. The van der Waals surface area contributed by atoms with Gasteiger partial charge in [-0.3, -0.25) is 4.79 Å². The minimum absolute atomic E-state index is 0.108. The summed E-state index contributed by atoms with van der Waals surface area (Å²) < 4.78 is 24.1. The van der Waals surface area contributed by atoms with Crippen molar-refractivity contribution in [3.63, 3.8) is 0 Å². The number of aryl methyl sites for hydroxylation is 1. The van der Waals surface area contributed by atoms with Crippen LogP contribution in [-0.4, -0.2) is 30.1 Å². The monoisotopic (exact) mass is 375 g/mol. The molecule has 0 saturated heterocycles. The number of carbonyl (C=O) groups excluding carboxylic acids is 1. The number of fused-ring (bicyclic) bond motifs is 1. The van der Waals surface area contributed by atoms with E-state index >= 15 is 0 Å². The summed E-state index contributed by atoms with van der Waals surface area (Å²) in [7, 11) is 3.08. The smallest absolute Gasteiger partial charge is 0.261 e. The molecule has 2 heterocycles. The highest BCUT2D eigenvalue weighted by Gasteiger charge is 2.21.